The summed E-state index contributed by atoms with van der Waals surface area (Å²) >= 11 is 0. The Morgan fingerprint density at radius 1 is 0.656 bits per heavy atom. The zero-order valence-corrected chi connectivity index (χ0v) is 18.3. The summed E-state index contributed by atoms with van der Waals surface area (Å²) in [7, 11) is -3.85. The molecule has 4 rings (SSSR count). The summed E-state index contributed by atoms with van der Waals surface area (Å²) < 4.78 is 39.8. The second-order valence-corrected chi connectivity index (χ2v) is 8.64. The van der Waals surface area contributed by atoms with E-state index in [1.165, 1.54) is 12.1 Å². The van der Waals surface area contributed by atoms with Crippen molar-refractivity contribution in [3.8, 4) is 23.3 Å². The molecule has 32 heavy (non-hydrogen) atoms. The van der Waals surface area contributed by atoms with Gasteiger partial charge in [-0.15, -0.1) is 0 Å². The molecule has 1 N–H and O–H groups in total. The van der Waals surface area contributed by atoms with Crippen LogP contribution in [0.5, 0.6) is 23.3 Å². The maximum absolute atomic E-state index is 12.9. The van der Waals surface area contributed by atoms with Crippen LogP contribution in [0.1, 0.15) is 11.4 Å². The maximum atomic E-state index is 12.9. The lowest BCUT2D eigenvalue weighted by atomic mass is 10.3. The predicted octanol–water partition coefficient (Wildman–Crippen LogP) is 5.48. The lowest BCUT2D eigenvalue weighted by Gasteiger charge is -2.14. The molecule has 0 saturated carbocycles. The Labute approximate surface area is 186 Å². The number of hydrogen-bond donors (Lipinski definition) is 1. The highest BCUT2D eigenvalue weighted by molar-refractivity contribution is 7.92. The van der Waals surface area contributed by atoms with E-state index in [0.29, 0.717) is 34.3 Å². The van der Waals surface area contributed by atoms with Crippen LogP contribution in [0.4, 0.5) is 5.69 Å². The minimum Gasteiger partial charge on any atom is -0.457 e. The third-order valence-corrected chi connectivity index (χ3v) is 5.92. The van der Waals surface area contributed by atoms with Gasteiger partial charge in [-0.3, -0.25) is 4.72 Å². The molecule has 162 valence electrons. The average Bonchev–Trinajstić information content (AvgIpc) is 2.78. The van der Waals surface area contributed by atoms with E-state index in [2.05, 4.69) is 14.7 Å². The van der Waals surface area contributed by atoms with Crippen molar-refractivity contribution in [1.82, 2.24) is 9.97 Å². The number of anilines is 1. The zero-order valence-electron chi connectivity index (χ0n) is 17.5. The molecule has 0 spiro atoms. The minimum atomic E-state index is -3.85. The number of benzene rings is 3. The number of nitrogens with one attached hydrogen (secondary N) is 1. The smallest absolute Gasteiger partial charge is 0.322 e. The normalized spacial score (nSPS) is 11.1. The Kier molecular flexibility index (Phi) is 6.04. The quantitative estimate of drug-likeness (QED) is 0.403. The molecule has 1 aromatic heterocycles. The number of sulfonamides is 1. The average molecular weight is 448 g/mol. The van der Waals surface area contributed by atoms with Crippen LogP contribution in [-0.4, -0.2) is 18.4 Å². The Morgan fingerprint density at radius 3 is 1.66 bits per heavy atom. The third-order valence-electron chi connectivity index (χ3n) is 4.55. The van der Waals surface area contributed by atoms with E-state index in [-0.39, 0.29) is 10.9 Å². The number of nitrogens with zero attached hydrogens (tertiary/aromatic N) is 2. The van der Waals surface area contributed by atoms with E-state index in [1.54, 1.807) is 38.1 Å². The second kappa shape index (κ2) is 9.07. The van der Waals surface area contributed by atoms with E-state index in [0.717, 1.165) is 0 Å². The maximum Gasteiger partial charge on any atom is 0.322 e. The Balaban J connectivity index is 1.51. The van der Waals surface area contributed by atoms with E-state index < -0.39 is 10.0 Å². The molecule has 0 radical (unpaired) electrons. The lowest BCUT2D eigenvalue weighted by Crippen LogP contribution is -2.16. The van der Waals surface area contributed by atoms with E-state index in [4.69, 9.17) is 9.47 Å². The molecular weight excluding hydrogens is 426 g/mol. The van der Waals surface area contributed by atoms with Gasteiger partial charge in [0.25, 0.3) is 10.0 Å². The molecule has 0 saturated heterocycles. The highest BCUT2D eigenvalue weighted by atomic mass is 32.2. The summed E-state index contributed by atoms with van der Waals surface area (Å²) in [5.74, 6) is 1.80. The number of rotatable bonds is 7. The number of ether oxygens (including phenoxy) is 2. The van der Waals surface area contributed by atoms with Gasteiger partial charge in [0.15, 0.2) is 0 Å². The van der Waals surface area contributed by atoms with Gasteiger partial charge in [0.2, 0.25) is 0 Å². The molecule has 0 amide bonds. The molecule has 0 aliphatic rings. The summed E-state index contributed by atoms with van der Waals surface area (Å²) in [6, 6.07) is 24.7. The van der Waals surface area contributed by atoms with Crippen LogP contribution < -0.4 is 14.2 Å². The SMILES string of the molecule is Cc1nc(Oc2ccccc2)nc(C)c1NS(=O)(=O)c1ccc(Oc2ccccc2)cc1. The van der Waals surface area contributed by atoms with Crippen molar-refractivity contribution in [2.24, 2.45) is 0 Å². The van der Waals surface area contributed by atoms with Crippen LogP contribution >= 0.6 is 0 Å². The largest absolute Gasteiger partial charge is 0.457 e. The molecule has 0 aliphatic carbocycles. The highest BCUT2D eigenvalue weighted by Gasteiger charge is 2.19. The molecule has 0 atom stereocenters. The van der Waals surface area contributed by atoms with Crippen LogP contribution in [-0.2, 0) is 10.0 Å². The van der Waals surface area contributed by atoms with Gasteiger partial charge in [-0.1, -0.05) is 36.4 Å². The number of aromatic nitrogens is 2. The standard InChI is InChI=1S/C24H21N3O4S/c1-17-23(18(2)26-24(25-17)31-20-11-7-4-8-12-20)27-32(28,29)22-15-13-21(14-16-22)30-19-9-5-3-6-10-19/h3-16,27H,1-2H3. The van der Waals surface area contributed by atoms with Gasteiger partial charge < -0.3 is 9.47 Å². The van der Waals surface area contributed by atoms with Crippen LogP contribution in [0.2, 0.25) is 0 Å². The molecule has 3 aromatic carbocycles. The molecule has 0 aliphatic heterocycles. The van der Waals surface area contributed by atoms with E-state index in [9.17, 15) is 8.42 Å². The molecule has 8 heteroatoms. The van der Waals surface area contributed by atoms with E-state index >= 15 is 0 Å². The second-order valence-electron chi connectivity index (χ2n) is 6.96. The Hall–Kier alpha value is -3.91. The van der Waals surface area contributed by atoms with Crippen molar-refractivity contribution in [2.45, 2.75) is 18.7 Å². The summed E-state index contributed by atoms with van der Waals surface area (Å²) in [5.41, 5.74) is 1.22. The third kappa shape index (κ3) is 5.04. The van der Waals surface area contributed by atoms with Gasteiger partial charge in [0.1, 0.15) is 17.2 Å². The molecule has 0 unspecified atom stereocenters. The van der Waals surface area contributed by atoms with Gasteiger partial charge in [-0.2, -0.15) is 9.97 Å². The molecule has 4 aromatic rings. The Morgan fingerprint density at radius 2 is 1.12 bits per heavy atom. The van der Waals surface area contributed by atoms with Crippen LogP contribution in [0.3, 0.4) is 0 Å². The summed E-state index contributed by atoms with van der Waals surface area (Å²) in [5, 5.41) is 0. The number of aryl methyl sites for hydroxylation is 2. The Bertz CT molecular complexity index is 1290. The first-order chi connectivity index (χ1) is 15.4. The highest BCUT2D eigenvalue weighted by Crippen LogP contribution is 2.27. The van der Waals surface area contributed by atoms with Gasteiger partial charge in [-0.25, -0.2) is 8.42 Å². The van der Waals surface area contributed by atoms with Crippen molar-refractivity contribution in [3.05, 3.63) is 96.3 Å². The molecule has 1 heterocycles. The van der Waals surface area contributed by atoms with E-state index in [1.807, 2.05) is 48.5 Å². The topological polar surface area (TPSA) is 90.4 Å². The lowest BCUT2D eigenvalue weighted by molar-refractivity contribution is 0.439. The van der Waals surface area contributed by atoms with Crippen molar-refractivity contribution in [2.75, 3.05) is 4.72 Å². The fourth-order valence-electron chi connectivity index (χ4n) is 2.98. The monoisotopic (exact) mass is 447 g/mol. The van der Waals surface area contributed by atoms with Crippen molar-refractivity contribution >= 4 is 15.7 Å². The fraction of sp³-hybridized carbons (Fsp3) is 0.0833. The van der Waals surface area contributed by atoms with Crippen molar-refractivity contribution < 1.29 is 17.9 Å². The van der Waals surface area contributed by atoms with Crippen molar-refractivity contribution in [3.63, 3.8) is 0 Å². The first kappa shape index (κ1) is 21.3. The van der Waals surface area contributed by atoms with Gasteiger partial charge >= 0.3 is 6.01 Å². The van der Waals surface area contributed by atoms with Gasteiger partial charge in [0.05, 0.1) is 22.0 Å². The first-order valence-corrected chi connectivity index (χ1v) is 11.3. The molecule has 0 bridgehead atoms. The van der Waals surface area contributed by atoms with Crippen LogP contribution in [0, 0.1) is 13.8 Å². The number of hydrogen-bond acceptors (Lipinski definition) is 6. The summed E-state index contributed by atoms with van der Waals surface area (Å²) in [6.45, 7) is 3.39. The molecule has 7 nitrogen and oxygen atoms in total. The fourth-order valence-corrected chi connectivity index (χ4v) is 4.15. The van der Waals surface area contributed by atoms with Gasteiger partial charge in [0, 0.05) is 0 Å². The predicted molar refractivity (Wildman–Crippen MR) is 122 cm³/mol. The zero-order chi connectivity index (χ0) is 22.6. The minimum absolute atomic E-state index is 0.0984. The summed E-state index contributed by atoms with van der Waals surface area (Å²) in [6.07, 6.45) is 0. The first-order valence-electron chi connectivity index (χ1n) is 9.85. The van der Waals surface area contributed by atoms with Gasteiger partial charge in [-0.05, 0) is 62.4 Å². The van der Waals surface area contributed by atoms with Crippen molar-refractivity contribution in [1.29, 1.82) is 0 Å². The van der Waals surface area contributed by atoms with Crippen LogP contribution in [0.15, 0.2) is 89.8 Å². The van der Waals surface area contributed by atoms with Crippen LogP contribution in [0.25, 0.3) is 0 Å². The molecular formula is C24H21N3O4S. The summed E-state index contributed by atoms with van der Waals surface area (Å²) in [4.78, 5) is 8.67. The number of para-hydroxylation sites is 2. The molecule has 0 fully saturated rings.